The highest BCUT2D eigenvalue weighted by Crippen LogP contribution is 2.36. The molecule has 4 heteroatoms. The minimum absolute atomic E-state index is 0.000473. The first kappa shape index (κ1) is 16.4. The molecule has 0 atom stereocenters. The Morgan fingerprint density at radius 1 is 0.821 bits per heavy atom. The summed E-state index contributed by atoms with van der Waals surface area (Å²) in [5.74, 6) is -0.530. The van der Waals surface area contributed by atoms with E-state index in [1.807, 2.05) is 12.2 Å². The lowest BCUT2D eigenvalue weighted by Crippen LogP contribution is -1.95. The van der Waals surface area contributed by atoms with Crippen molar-refractivity contribution in [2.45, 2.75) is 0 Å². The first-order valence-corrected chi connectivity index (χ1v) is 8.93. The molecule has 1 aromatic heterocycles. The predicted molar refractivity (Wildman–Crippen MR) is 113 cm³/mol. The molecule has 0 spiro atoms. The molecule has 0 fully saturated rings. The second-order valence-electron chi connectivity index (χ2n) is 6.70. The number of benzene rings is 4. The van der Waals surface area contributed by atoms with Crippen molar-refractivity contribution in [2.75, 3.05) is 0 Å². The Kier molecular flexibility index (Phi) is 3.76. The molecule has 3 nitrogen and oxygen atoms in total. The molecular weight excluding hydrogens is 351 g/mol. The van der Waals surface area contributed by atoms with Gasteiger partial charge in [0, 0.05) is 0 Å². The summed E-state index contributed by atoms with van der Waals surface area (Å²) in [6.45, 7) is 0. The summed E-state index contributed by atoms with van der Waals surface area (Å²) >= 11 is 0. The number of pyridine rings is 1. The van der Waals surface area contributed by atoms with Gasteiger partial charge in [0.05, 0.1) is 11.9 Å². The maximum Gasteiger partial charge on any atom is 0.150 e. The van der Waals surface area contributed by atoms with Gasteiger partial charge in [0.15, 0.2) is 5.82 Å². The van der Waals surface area contributed by atoms with Crippen LogP contribution in [0.3, 0.4) is 0 Å². The summed E-state index contributed by atoms with van der Waals surface area (Å²) in [4.78, 5) is 4.18. The molecule has 5 aromatic rings. The van der Waals surface area contributed by atoms with E-state index in [9.17, 15) is 4.39 Å². The molecule has 1 N–H and O–H groups in total. The van der Waals surface area contributed by atoms with Gasteiger partial charge in [-0.3, -0.25) is 0 Å². The van der Waals surface area contributed by atoms with Gasteiger partial charge in [0.1, 0.15) is 5.69 Å². The van der Waals surface area contributed by atoms with Crippen LogP contribution in [0.25, 0.3) is 44.5 Å². The molecule has 134 valence electrons. The van der Waals surface area contributed by atoms with Gasteiger partial charge in [-0.25, -0.2) is 9.37 Å². The Labute approximate surface area is 160 Å². The number of aromatic nitrogens is 1. The monoisotopic (exact) mass is 366 g/mol. The number of halogens is 1. The Balaban J connectivity index is 1.71. The molecule has 0 aliphatic rings. The van der Waals surface area contributed by atoms with Gasteiger partial charge in [-0.1, -0.05) is 59.8 Å². The Morgan fingerprint density at radius 3 is 2.39 bits per heavy atom. The molecule has 4 aromatic carbocycles. The zero-order chi connectivity index (χ0) is 19.1. The normalized spacial score (nSPS) is 12.3. The van der Waals surface area contributed by atoms with Gasteiger partial charge >= 0.3 is 0 Å². The molecular formula is C24H15FN2O. The maximum absolute atomic E-state index is 13.7. The summed E-state index contributed by atoms with van der Waals surface area (Å²) in [7, 11) is 0. The van der Waals surface area contributed by atoms with E-state index >= 15 is 0 Å². The predicted octanol–water partition coefficient (Wildman–Crippen LogP) is 6.10. The molecule has 0 amide bonds. The quantitative estimate of drug-likeness (QED) is 0.182. The first-order chi connectivity index (χ1) is 13.7. The molecule has 0 saturated carbocycles. The van der Waals surface area contributed by atoms with Crippen LogP contribution in [0.2, 0.25) is 0 Å². The van der Waals surface area contributed by atoms with Crippen LogP contribution >= 0.6 is 0 Å². The van der Waals surface area contributed by atoms with Gasteiger partial charge in [-0.2, -0.15) is 0 Å². The fraction of sp³-hybridized carbons (Fsp3) is 0. The molecule has 0 bridgehead atoms. The molecule has 0 aliphatic carbocycles. The lowest BCUT2D eigenvalue weighted by Gasteiger charge is -2.12. The van der Waals surface area contributed by atoms with E-state index in [4.69, 9.17) is 5.21 Å². The zero-order valence-corrected chi connectivity index (χ0v) is 14.8. The SMILES string of the molecule is O/N=C\c1nc(/C=C/c2cc3cccc4ccc5cccc2c5c43)ccc1F. The number of rotatable bonds is 3. The Bertz CT molecular complexity index is 1390. The molecule has 0 aliphatic heterocycles. The largest absolute Gasteiger partial charge is 0.411 e. The summed E-state index contributed by atoms with van der Waals surface area (Å²) < 4.78 is 13.7. The number of hydrogen-bond donors (Lipinski definition) is 1. The van der Waals surface area contributed by atoms with E-state index in [0.29, 0.717) is 5.69 Å². The zero-order valence-electron chi connectivity index (χ0n) is 14.8. The summed E-state index contributed by atoms with van der Waals surface area (Å²) in [6.07, 6.45) is 4.82. The van der Waals surface area contributed by atoms with Crippen molar-refractivity contribution in [3.05, 3.63) is 89.5 Å². The third-order valence-electron chi connectivity index (χ3n) is 5.05. The number of hydrogen-bond acceptors (Lipinski definition) is 3. The highest BCUT2D eigenvalue weighted by molar-refractivity contribution is 6.24. The van der Waals surface area contributed by atoms with Crippen molar-refractivity contribution < 1.29 is 9.60 Å². The second-order valence-corrected chi connectivity index (χ2v) is 6.70. The summed E-state index contributed by atoms with van der Waals surface area (Å²) in [5.41, 5.74) is 1.65. The van der Waals surface area contributed by atoms with Crippen molar-refractivity contribution in [3.63, 3.8) is 0 Å². The van der Waals surface area contributed by atoms with Crippen LogP contribution in [0.1, 0.15) is 17.0 Å². The van der Waals surface area contributed by atoms with E-state index < -0.39 is 5.82 Å². The third-order valence-corrected chi connectivity index (χ3v) is 5.05. The van der Waals surface area contributed by atoms with Crippen molar-refractivity contribution in [1.82, 2.24) is 4.98 Å². The van der Waals surface area contributed by atoms with Crippen molar-refractivity contribution in [1.29, 1.82) is 0 Å². The highest BCUT2D eigenvalue weighted by atomic mass is 19.1. The standard InChI is InChI=1S/C24H15FN2O/c25-21-12-11-19(27-22(21)14-26-28)10-9-17-13-18-5-1-3-15-7-8-16-4-2-6-20(17)24(16)23(15)18/h1-14,28H/b10-9+,26-14-. The maximum atomic E-state index is 13.7. The van der Waals surface area contributed by atoms with Crippen molar-refractivity contribution in [2.24, 2.45) is 5.16 Å². The Morgan fingerprint density at radius 2 is 1.57 bits per heavy atom. The summed E-state index contributed by atoms with van der Waals surface area (Å²) in [5, 5.41) is 18.8. The third kappa shape index (κ3) is 2.58. The molecule has 0 radical (unpaired) electrons. The average Bonchev–Trinajstić information content (AvgIpc) is 2.73. The molecule has 28 heavy (non-hydrogen) atoms. The minimum Gasteiger partial charge on any atom is -0.411 e. The molecule has 1 heterocycles. The number of nitrogens with zero attached hydrogens (tertiary/aromatic N) is 2. The lowest BCUT2D eigenvalue weighted by atomic mass is 9.91. The van der Waals surface area contributed by atoms with E-state index in [2.05, 4.69) is 64.7 Å². The van der Waals surface area contributed by atoms with E-state index in [1.54, 1.807) is 6.07 Å². The van der Waals surface area contributed by atoms with E-state index in [0.717, 1.165) is 17.2 Å². The van der Waals surface area contributed by atoms with E-state index in [1.165, 1.54) is 33.0 Å². The number of oxime groups is 1. The van der Waals surface area contributed by atoms with Gasteiger partial charge in [0.25, 0.3) is 0 Å². The fourth-order valence-corrected chi connectivity index (χ4v) is 3.81. The van der Waals surface area contributed by atoms with Crippen molar-refractivity contribution >= 4 is 50.7 Å². The van der Waals surface area contributed by atoms with Gasteiger partial charge in [0.2, 0.25) is 0 Å². The van der Waals surface area contributed by atoms with Crippen LogP contribution in [-0.2, 0) is 0 Å². The van der Waals surface area contributed by atoms with Crippen LogP contribution < -0.4 is 0 Å². The highest BCUT2D eigenvalue weighted by Gasteiger charge is 2.10. The molecule has 0 saturated heterocycles. The first-order valence-electron chi connectivity index (χ1n) is 8.93. The average molecular weight is 366 g/mol. The fourth-order valence-electron chi connectivity index (χ4n) is 3.81. The second kappa shape index (κ2) is 6.43. The van der Waals surface area contributed by atoms with E-state index in [-0.39, 0.29) is 5.69 Å². The van der Waals surface area contributed by atoms with Gasteiger partial charge < -0.3 is 5.21 Å². The van der Waals surface area contributed by atoms with Gasteiger partial charge in [-0.05, 0) is 62.2 Å². The molecule has 5 rings (SSSR count). The molecule has 0 unspecified atom stereocenters. The van der Waals surface area contributed by atoms with Crippen LogP contribution in [0.15, 0.2) is 71.9 Å². The van der Waals surface area contributed by atoms with Crippen LogP contribution in [0.4, 0.5) is 4.39 Å². The Hall–Kier alpha value is -3.79. The summed E-state index contributed by atoms with van der Waals surface area (Å²) in [6, 6.07) is 22.0. The van der Waals surface area contributed by atoms with Crippen LogP contribution in [0, 0.1) is 5.82 Å². The van der Waals surface area contributed by atoms with Crippen LogP contribution in [-0.4, -0.2) is 16.4 Å². The van der Waals surface area contributed by atoms with Gasteiger partial charge in [-0.15, -0.1) is 0 Å². The smallest absolute Gasteiger partial charge is 0.150 e. The van der Waals surface area contributed by atoms with Crippen molar-refractivity contribution in [3.8, 4) is 0 Å². The lowest BCUT2D eigenvalue weighted by molar-refractivity contribution is 0.321. The van der Waals surface area contributed by atoms with Crippen LogP contribution in [0.5, 0.6) is 0 Å². The minimum atomic E-state index is -0.530. The topological polar surface area (TPSA) is 45.5 Å².